The molecule has 2 N–H and O–H groups in total. The predicted octanol–water partition coefficient (Wildman–Crippen LogP) is 3.84. The molecule has 2 aromatic rings. The van der Waals surface area contributed by atoms with Crippen LogP contribution in [0.5, 0.6) is 5.75 Å². The Bertz CT molecular complexity index is 832. The van der Waals surface area contributed by atoms with Crippen molar-refractivity contribution in [1.29, 1.82) is 0 Å². The molecule has 6 nitrogen and oxygen atoms in total. The van der Waals surface area contributed by atoms with Crippen molar-refractivity contribution in [2.24, 2.45) is 5.92 Å². The number of rotatable bonds is 7. The van der Waals surface area contributed by atoms with Crippen LogP contribution in [-0.2, 0) is 11.4 Å². The Kier molecular flexibility index (Phi) is 7.25. The molecule has 156 valence electrons. The van der Waals surface area contributed by atoms with Crippen molar-refractivity contribution in [1.82, 2.24) is 15.6 Å². The van der Waals surface area contributed by atoms with E-state index in [4.69, 9.17) is 4.74 Å². The van der Waals surface area contributed by atoms with Crippen molar-refractivity contribution in [2.75, 3.05) is 0 Å². The SMILES string of the molecule is Cc1ccc(OCc2nc(C(=O)N[C@@H]3CCCC[C@@H]3NC(=O)C(C)C)cs2)cc1. The molecule has 29 heavy (non-hydrogen) atoms. The first-order valence-corrected chi connectivity index (χ1v) is 11.1. The fourth-order valence-electron chi connectivity index (χ4n) is 3.33. The first-order valence-electron chi connectivity index (χ1n) is 10.2. The molecule has 0 radical (unpaired) electrons. The van der Waals surface area contributed by atoms with Gasteiger partial charge in [0.1, 0.15) is 23.1 Å². The number of carbonyl (C=O) groups excluding carboxylic acids is 2. The molecule has 0 saturated heterocycles. The third-order valence-corrected chi connectivity index (χ3v) is 5.92. The van der Waals surface area contributed by atoms with E-state index in [9.17, 15) is 9.59 Å². The summed E-state index contributed by atoms with van der Waals surface area (Å²) in [7, 11) is 0. The van der Waals surface area contributed by atoms with E-state index < -0.39 is 0 Å². The molecule has 1 aliphatic rings. The number of nitrogens with zero attached hydrogens (tertiary/aromatic N) is 1. The van der Waals surface area contributed by atoms with Crippen LogP contribution in [0.3, 0.4) is 0 Å². The molecule has 0 aliphatic heterocycles. The van der Waals surface area contributed by atoms with Crippen LogP contribution in [0.1, 0.15) is 60.6 Å². The van der Waals surface area contributed by atoms with E-state index in [0.29, 0.717) is 12.3 Å². The average molecular weight is 416 g/mol. The van der Waals surface area contributed by atoms with Gasteiger partial charge in [0.05, 0.1) is 0 Å². The van der Waals surface area contributed by atoms with Crippen LogP contribution in [0.25, 0.3) is 0 Å². The average Bonchev–Trinajstić information content (AvgIpc) is 3.18. The maximum atomic E-state index is 12.7. The van der Waals surface area contributed by atoms with Crippen LogP contribution >= 0.6 is 11.3 Å². The third kappa shape index (κ3) is 6.03. The Morgan fingerprint density at radius 3 is 2.45 bits per heavy atom. The number of thiazole rings is 1. The first-order chi connectivity index (χ1) is 13.9. The lowest BCUT2D eigenvalue weighted by molar-refractivity contribution is -0.125. The summed E-state index contributed by atoms with van der Waals surface area (Å²) in [6, 6.07) is 7.75. The Balaban J connectivity index is 1.55. The summed E-state index contributed by atoms with van der Waals surface area (Å²) in [6.45, 7) is 6.11. The number of nitrogens with one attached hydrogen (secondary N) is 2. The molecule has 2 amide bonds. The molecule has 0 spiro atoms. The number of aryl methyl sites for hydroxylation is 1. The monoisotopic (exact) mass is 415 g/mol. The number of hydrogen-bond donors (Lipinski definition) is 2. The second-order valence-corrected chi connectivity index (χ2v) is 8.81. The lowest BCUT2D eigenvalue weighted by Gasteiger charge is -2.33. The highest BCUT2D eigenvalue weighted by molar-refractivity contribution is 7.09. The molecule has 1 saturated carbocycles. The van der Waals surface area contributed by atoms with Crippen molar-refractivity contribution in [3.63, 3.8) is 0 Å². The van der Waals surface area contributed by atoms with E-state index >= 15 is 0 Å². The van der Waals surface area contributed by atoms with Crippen LogP contribution in [0.2, 0.25) is 0 Å². The normalized spacial score (nSPS) is 19.0. The molecule has 1 aromatic carbocycles. The van der Waals surface area contributed by atoms with Crippen molar-refractivity contribution < 1.29 is 14.3 Å². The molecule has 0 bridgehead atoms. The van der Waals surface area contributed by atoms with Crippen LogP contribution in [-0.4, -0.2) is 28.9 Å². The van der Waals surface area contributed by atoms with E-state index in [1.54, 1.807) is 5.38 Å². The van der Waals surface area contributed by atoms with Gasteiger partial charge in [0.15, 0.2) is 0 Å². The van der Waals surface area contributed by atoms with E-state index in [1.165, 1.54) is 16.9 Å². The van der Waals surface area contributed by atoms with Crippen LogP contribution in [0.15, 0.2) is 29.6 Å². The van der Waals surface area contributed by atoms with Gasteiger partial charge in [-0.15, -0.1) is 11.3 Å². The summed E-state index contributed by atoms with van der Waals surface area (Å²) in [4.78, 5) is 29.2. The van der Waals surface area contributed by atoms with E-state index in [1.807, 2.05) is 45.0 Å². The smallest absolute Gasteiger partial charge is 0.271 e. The highest BCUT2D eigenvalue weighted by Gasteiger charge is 2.29. The lowest BCUT2D eigenvalue weighted by Crippen LogP contribution is -2.53. The number of carbonyl (C=O) groups is 2. The molecule has 0 unspecified atom stereocenters. The second-order valence-electron chi connectivity index (χ2n) is 7.86. The van der Waals surface area contributed by atoms with E-state index in [-0.39, 0.29) is 29.8 Å². The summed E-state index contributed by atoms with van der Waals surface area (Å²) in [5, 5.41) is 8.67. The molecule has 7 heteroatoms. The number of benzene rings is 1. The van der Waals surface area contributed by atoms with Crippen molar-refractivity contribution in [2.45, 2.75) is 65.1 Å². The first kappa shape index (κ1) is 21.3. The zero-order valence-corrected chi connectivity index (χ0v) is 18.1. The van der Waals surface area contributed by atoms with Gasteiger partial charge in [-0.1, -0.05) is 44.4 Å². The molecular formula is C22H29N3O3S. The molecule has 1 fully saturated rings. The molecule has 3 rings (SSSR count). The number of aromatic nitrogens is 1. The van der Waals surface area contributed by atoms with Crippen LogP contribution < -0.4 is 15.4 Å². The zero-order chi connectivity index (χ0) is 20.8. The summed E-state index contributed by atoms with van der Waals surface area (Å²) in [5.74, 6) is 0.546. The fraction of sp³-hybridized carbons (Fsp3) is 0.500. The summed E-state index contributed by atoms with van der Waals surface area (Å²) in [6.07, 6.45) is 3.86. The van der Waals surface area contributed by atoms with Gasteiger partial charge in [0.25, 0.3) is 5.91 Å². The minimum absolute atomic E-state index is 0.0226. The number of hydrogen-bond acceptors (Lipinski definition) is 5. The van der Waals surface area contributed by atoms with Crippen molar-refractivity contribution >= 4 is 23.2 Å². The highest BCUT2D eigenvalue weighted by atomic mass is 32.1. The van der Waals surface area contributed by atoms with Gasteiger partial charge in [0, 0.05) is 23.4 Å². The van der Waals surface area contributed by atoms with Gasteiger partial charge in [0.2, 0.25) is 5.91 Å². The topological polar surface area (TPSA) is 80.3 Å². The largest absolute Gasteiger partial charge is 0.486 e. The number of amides is 2. The Morgan fingerprint density at radius 1 is 1.14 bits per heavy atom. The third-order valence-electron chi connectivity index (χ3n) is 5.10. The van der Waals surface area contributed by atoms with Gasteiger partial charge in [-0.05, 0) is 31.9 Å². The molecule has 1 aliphatic carbocycles. The standard InChI is InChI=1S/C22H29N3O3S/c1-14(2)21(26)24-17-6-4-5-7-18(17)25-22(27)19-13-29-20(23-19)12-28-16-10-8-15(3)9-11-16/h8-11,13-14,17-18H,4-7,12H2,1-3H3,(H,24,26)(H,25,27)/t17-,18+/m0/s1. The van der Waals surface area contributed by atoms with Gasteiger partial charge < -0.3 is 15.4 Å². The van der Waals surface area contributed by atoms with Crippen molar-refractivity contribution in [3.05, 3.63) is 45.9 Å². The zero-order valence-electron chi connectivity index (χ0n) is 17.2. The Hall–Kier alpha value is -2.41. The van der Waals surface area contributed by atoms with Gasteiger partial charge in [-0.2, -0.15) is 0 Å². The van der Waals surface area contributed by atoms with Crippen LogP contribution in [0.4, 0.5) is 0 Å². The van der Waals surface area contributed by atoms with Crippen LogP contribution in [0, 0.1) is 12.8 Å². The molecule has 1 heterocycles. The summed E-state index contributed by atoms with van der Waals surface area (Å²) < 4.78 is 5.74. The lowest BCUT2D eigenvalue weighted by atomic mass is 9.89. The minimum Gasteiger partial charge on any atom is -0.486 e. The summed E-state index contributed by atoms with van der Waals surface area (Å²) in [5.41, 5.74) is 1.58. The fourth-order valence-corrected chi connectivity index (χ4v) is 4.01. The Morgan fingerprint density at radius 2 is 1.79 bits per heavy atom. The van der Waals surface area contributed by atoms with Gasteiger partial charge >= 0.3 is 0 Å². The predicted molar refractivity (Wildman–Crippen MR) is 114 cm³/mol. The molecule has 2 atom stereocenters. The highest BCUT2D eigenvalue weighted by Crippen LogP contribution is 2.20. The van der Waals surface area contributed by atoms with Crippen molar-refractivity contribution in [3.8, 4) is 5.75 Å². The van der Waals surface area contributed by atoms with Gasteiger partial charge in [-0.3, -0.25) is 9.59 Å². The minimum atomic E-state index is -0.196. The van der Waals surface area contributed by atoms with Gasteiger partial charge in [-0.25, -0.2) is 4.98 Å². The van der Waals surface area contributed by atoms with E-state index in [2.05, 4.69) is 15.6 Å². The second kappa shape index (κ2) is 9.87. The quantitative estimate of drug-likeness (QED) is 0.720. The number of ether oxygens (including phenoxy) is 1. The molecule has 1 aromatic heterocycles. The maximum absolute atomic E-state index is 12.7. The van der Waals surface area contributed by atoms with E-state index in [0.717, 1.165) is 36.4 Å². The maximum Gasteiger partial charge on any atom is 0.271 e. The molecular weight excluding hydrogens is 386 g/mol. The summed E-state index contributed by atoms with van der Waals surface area (Å²) >= 11 is 1.41. The Labute approximate surface area is 176 Å².